The largest absolute Gasteiger partial charge is 0.489 e. The van der Waals surface area contributed by atoms with Crippen LogP contribution in [0.25, 0.3) is 0 Å². The molecule has 34 heavy (non-hydrogen) atoms. The lowest BCUT2D eigenvalue weighted by Gasteiger charge is -2.18. The van der Waals surface area contributed by atoms with Crippen molar-refractivity contribution in [3.63, 3.8) is 0 Å². The van der Waals surface area contributed by atoms with Crippen LogP contribution in [0.2, 0.25) is 0 Å². The van der Waals surface area contributed by atoms with Gasteiger partial charge in [-0.3, -0.25) is 0 Å². The summed E-state index contributed by atoms with van der Waals surface area (Å²) in [7, 11) is -2.92. The van der Waals surface area contributed by atoms with Crippen molar-refractivity contribution >= 4 is 37.9 Å². The average molecular weight is 486 g/mol. The Morgan fingerprint density at radius 1 is 0.471 bits per heavy atom. The van der Waals surface area contributed by atoms with E-state index in [9.17, 15) is 19.2 Å². The first-order valence-corrected chi connectivity index (χ1v) is 11.2. The fraction of sp³-hybridized carbons (Fsp3) is 0.800. The molecule has 4 atom stereocenters. The smallest absolute Gasteiger partial charge is 0.461 e. The first-order chi connectivity index (χ1) is 15.8. The lowest BCUT2D eigenvalue weighted by atomic mass is 9.49. The summed E-state index contributed by atoms with van der Waals surface area (Å²) < 4.78 is 43.0. The highest BCUT2D eigenvalue weighted by Gasteiger charge is 2.62. The molecule has 2 fully saturated rings. The second-order valence-corrected chi connectivity index (χ2v) is 8.91. The fourth-order valence-electron chi connectivity index (χ4n) is 3.10. The molecule has 0 saturated carbocycles. The zero-order valence-electron chi connectivity index (χ0n) is 20.7. The third-order valence-electron chi connectivity index (χ3n) is 4.23. The van der Waals surface area contributed by atoms with Gasteiger partial charge in [0.05, 0.1) is 24.4 Å². The van der Waals surface area contributed by atoms with Gasteiger partial charge in [-0.25, -0.2) is 19.2 Å². The molecule has 0 spiro atoms. The summed E-state index contributed by atoms with van der Waals surface area (Å²) in [5.74, 6) is -3.42. The van der Waals surface area contributed by atoms with E-state index in [2.05, 4.69) is 0 Å². The van der Waals surface area contributed by atoms with Crippen molar-refractivity contribution < 1.29 is 56.7 Å². The lowest BCUT2D eigenvalue weighted by molar-refractivity contribution is -0.167. The van der Waals surface area contributed by atoms with Gasteiger partial charge in [0, 0.05) is 0 Å². The van der Waals surface area contributed by atoms with Crippen molar-refractivity contribution in [1.82, 2.24) is 0 Å². The molecule has 0 N–H and O–H groups in total. The third-order valence-corrected chi connectivity index (χ3v) is 4.23. The van der Waals surface area contributed by atoms with Crippen molar-refractivity contribution in [2.24, 2.45) is 0 Å². The summed E-state index contributed by atoms with van der Waals surface area (Å²) in [6.45, 7) is 13.0. The maximum absolute atomic E-state index is 12.5. The zero-order valence-corrected chi connectivity index (χ0v) is 20.7. The van der Waals surface area contributed by atoms with Crippen molar-refractivity contribution in [3.8, 4) is 0 Å². The molecular formula is C20H32B2O12. The van der Waals surface area contributed by atoms with E-state index in [1.807, 2.05) is 0 Å². The van der Waals surface area contributed by atoms with Crippen LogP contribution in [0.4, 0.5) is 0 Å². The lowest BCUT2D eigenvalue weighted by Crippen LogP contribution is -2.41. The van der Waals surface area contributed by atoms with Gasteiger partial charge < -0.3 is 37.6 Å². The van der Waals surface area contributed by atoms with Crippen molar-refractivity contribution in [2.45, 2.75) is 104 Å². The van der Waals surface area contributed by atoms with Crippen molar-refractivity contribution in [1.29, 1.82) is 0 Å². The van der Waals surface area contributed by atoms with E-state index in [0.717, 1.165) is 0 Å². The zero-order chi connectivity index (χ0) is 25.7. The standard InChI is InChI=1S/C20H32B2O12/c1-9(2)27-17(23)13-14(18(24)28-10(3)4)32-21(31-13)22-33-15(19(25)29-11(5)6)16(34-22)20(26)30-12(7)8/h9-16H,1-8H3/t13-,14-,15-,16+/m0/s1. The summed E-state index contributed by atoms with van der Waals surface area (Å²) in [5.41, 5.74) is 0. The normalized spacial score (nSPS) is 24.8. The monoisotopic (exact) mass is 486 g/mol. The first kappa shape index (κ1) is 28.1. The van der Waals surface area contributed by atoms with Crippen LogP contribution in [-0.4, -0.2) is 86.7 Å². The van der Waals surface area contributed by atoms with Crippen LogP contribution in [0.1, 0.15) is 55.4 Å². The van der Waals surface area contributed by atoms with Gasteiger partial charge in [-0.1, -0.05) is 0 Å². The van der Waals surface area contributed by atoms with Gasteiger partial charge in [0.1, 0.15) is 0 Å². The van der Waals surface area contributed by atoms with Crippen LogP contribution >= 0.6 is 0 Å². The van der Waals surface area contributed by atoms with Crippen LogP contribution in [0, 0.1) is 0 Å². The van der Waals surface area contributed by atoms with E-state index in [-0.39, 0.29) is 0 Å². The number of carbonyl (C=O) groups excluding carboxylic acids is 4. The van der Waals surface area contributed by atoms with Crippen LogP contribution < -0.4 is 0 Å². The van der Waals surface area contributed by atoms with E-state index < -0.39 is 86.7 Å². The molecule has 14 heteroatoms. The van der Waals surface area contributed by atoms with Crippen LogP contribution in [0.3, 0.4) is 0 Å². The Morgan fingerprint density at radius 3 is 0.794 bits per heavy atom. The fourth-order valence-corrected chi connectivity index (χ4v) is 3.10. The van der Waals surface area contributed by atoms with Crippen molar-refractivity contribution in [2.75, 3.05) is 0 Å². The SMILES string of the molecule is CC(C)OC(=O)[C@H]1OB(B2O[C@H](C(=O)OC(C)C)[C@H](C(=O)OC(C)C)O2)O[C@@H]1C(=O)OC(C)C. The third kappa shape index (κ3) is 7.42. The van der Waals surface area contributed by atoms with Gasteiger partial charge in [0.2, 0.25) is 0 Å². The minimum Gasteiger partial charge on any atom is -0.461 e. The van der Waals surface area contributed by atoms with Gasteiger partial charge in [-0.05, 0) is 55.4 Å². The minimum atomic E-state index is -1.48. The Morgan fingerprint density at radius 2 is 0.647 bits per heavy atom. The molecule has 0 amide bonds. The Kier molecular flexibility index (Phi) is 9.92. The van der Waals surface area contributed by atoms with E-state index in [0.29, 0.717) is 0 Å². The number of rotatable bonds is 9. The molecule has 2 saturated heterocycles. The molecule has 0 aromatic carbocycles. The Balaban J connectivity index is 2.24. The number of carbonyl (C=O) groups is 4. The molecule has 0 aromatic heterocycles. The Bertz CT molecular complexity index is 634. The summed E-state index contributed by atoms with van der Waals surface area (Å²) in [6.07, 6.45) is -7.85. The van der Waals surface area contributed by atoms with E-state index in [1.54, 1.807) is 55.4 Å². The maximum Gasteiger partial charge on any atom is 0.489 e. The average Bonchev–Trinajstić information content (AvgIpc) is 3.31. The Labute approximate surface area is 199 Å². The van der Waals surface area contributed by atoms with Gasteiger partial charge in [-0.2, -0.15) is 0 Å². The second kappa shape index (κ2) is 12.0. The molecule has 2 heterocycles. The van der Waals surface area contributed by atoms with Crippen LogP contribution in [0.5, 0.6) is 0 Å². The molecule has 2 aliphatic rings. The summed E-state index contributed by atoms with van der Waals surface area (Å²) >= 11 is 0. The first-order valence-electron chi connectivity index (χ1n) is 11.2. The highest BCUT2D eigenvalue weighted by atomic mass is 16.7. The number of hydrogen-bond acceptors (Lipinski definition) is 12. The van der Waals surface area contributed by atoms with E-state index in [4.69, 9.17) is 37.6 Å². The predicted molar refractivity (Wildman–Crippen MR) is 116 cm³/mol. The quantitative estimate of drug-likeness (QED) is 0.253. The number of hydrogen-bond donors (Lipinski definition) is 0. The minimum absolute atomic E-state index is 0.485. The van der Waals surface area contributed by atoms with Crippen molar-refractivity contribution in [3.05, 3.63) is 0 Å². The number of esters is 4. The maximum atomic E-state index is 12.5. The molecule has 0 aromatic rings. The van der Waals surface area contributed by atoms with Gasteiger partial charge in [-0.15, -0.1) is 0 Å². The van der Waals surface area contributed by atoms with E-state index >= 15 is 0 Å². The molecule has 2 aliphatic heterocycles. The highest BCUT2D eigenvalue weighted by molar-refractivity contribution is 7.11. The molecule has 12 nitrogen and oxygen atoms in total. The van der Waals surface area contributed by atoms with Gasteiger partial charge in [0.25, 0.3) is 0 Å². The van der Waals surface area contributed by atoms with E-state index in [1.165, 1.54) is 0 Å². The van der Waals surface area contributed by atoms with Crippen LogP contribution in [0.15, 0.2) is 0 Å². The predicted octanol–water partition coefficient (Wildman–Crippen LogP) is 0.416. The molecule has 0 aliphatic carbocycles. The summed E-state index contributed by atoms with van der Waals surface area (Å²) in [4.78, 5) is 50.2. The topological polar surface area (TPSA) is 142 Å². The molecule has 0 bridgehead atoms. The number of ether oxygens (including phenoxy) is 4. The van der Waals surface area contributed by atoms with Gasteiger partial charge >= 0.3 is 37.9 Å². The molecule has 2 rings (SSSR count). The highest BCUT2D eigenvalue weighted by Crippen LogP contribution is 2.28. The van der Waals surface area contributed by atoms with Gasteiger partial charge in [0.15, 0.2) is 24.4 Å². The molecule has 0 unspecified atom stereocenters. The molecule has 0 radical (unpaired) electrons. The summed E-state index contributed by atoms with van der Waals surface area (Å²) in [6, 6.07) is 0. The summed E-state index contributed by atoms with van der Waals surface area (Å²) in [5, 5.41) is 0. The molecular weight excluding hydrogens is 454 g/mol. The molecule has 190 valence electrons. The second-order valence-electron chi connectivity index (χ2n) is 8.91. The van der Waals surface area contributed by atoms with Crippen LogP contribution in [-0.2, 0) is 56.7 Å². The Hall–Kier alpha value is -2.15.